The molecule has 3 rings (SSSR count). The lowest BCUT2D eigenvalue weighted by molar-refractivity contribution is -0.138. The number of carbonyl (C=O) groups is 3. The number of methoxy groups -OCH3 is 2. The van der Waals surface area contributed by atoms with Gasteiger partial charge in [0.2, 0.25) is 0 Å². The van der Waals surface area contributed by atoms with Gasteiger partial charge in [-0.25, -0.2) is 4.79 Å². The molecule has 0 bridgehead atoms. The Hall–Kier alpha value is -3.81. The van der Waals surface area contributed by atoms with Crippen LogP contribution in [0.15, 0.2) is 48.2 Å². The zero-order chi connectivity index (χ0) is 22.5. The highest BCUT2D eigenvalue weighted by molar-refractivity contribution is 6.34. The zero-order valence-electron chi connectivity index (χ0n) is 17.5. The van der Waals surface area contributed by atoms with E-state index in [0.717, 1.165) is 11.3 Å². The van der Waals surface area contributed by atoms with Crippen LogP contribution in [-0.2, 0) is 20.9 Å². The van der Waals surface area contributed by atoms with Crippen LogP contribution in [0.25, 0.3) is 5.57 Å². The topological polar surface area (TPSA) is 102 Å². The fourth-order valence-electron chi connectivity index (χ4n) is 3.17. The molecule has 31 heavy (non-hydrogen) atoms. The molecule has 1 aliphatic rings. The largest absolute Gasteiger partial charge is 0.502 e. The summed E-state index contributed by atoms with van der Waals surface area (Å²) in [7, 11) is 2.93. The molecule has 0 unspecified atom stereocenters. The number of esters is 1. The van der Waals surface area contributed by atoms with Gasteiger partial charge in [-0.2, -0.15) is 0 Å². The van der Waals surface area contributed by atoms with Crippen LogP contribution < -0.4 is 9.47 Å². The monoisotopic (exact) mass is 425 g/mol. The summed E-state index contributed by atoms with van der Waals surface area (Å²) in [4.78, 5) is 38.3. The van der Waals surface area contributed by atoms with E-state index in [4.69, 9.17) is 14.2 Å². The summed E-state index contributed by atoms with van der Waals surface area (Å²) in [5.74, 6) is -1.65. The van der Waals surface area contributed by atoms with Crippen LogP contribution in [0.1, 0.15) is 34.8 Å². The Bertz CT molecular complexity index is 1040. The highest BCUT2D eigenvalue weighted by atomic mass is 16.5. The van der Waals surface area contributed by atoms with Crippen molar-refractivity contribution in [3.8, 4) is 11.5 Å². The molecular formula is C23H23NO7. The molecule has 0 radical (unpaired) electrons. The maximum Gasteiger partial charge on any atom is 0.338 e. The van der Waals surface area contributed by atoms with Crippen molar-refractivity contribution in [3.63, 3.8) is 0 Å². The second-order valence-corrected chi connectivity index (χ2v) is 6.82. The summed E-state index contributed by atoms with van der Waals surface area (Å²) in [6.45, 7) is 2.18. The fraction of sp³-hybridized carbons (Fsp3) is 0.261. The van der Waals surface area contributed by atoms with Crippen molar-refractivity contribution in [2.45, 2.75) is 19.9 Å². The minimum atomic E-state index is -0.791. The van der Waals surface area contributed by atoms with Crippen molar-refractivity contribution in [1.82, 2.24) is 4.90 Å². The summed E-state index contributed by atoms with van der Waals surface area (Å²) < 4.78 is 15.5. The van der Waals surface area contributed by atoms with Crippen molar-refractivity contribution in [1.29, 1.82) is 0 Å². The summed E-state index contributed by atoms with van der Waals surface area (Å²) in [5, 5.41) is 10.4. The Morgan fingerprint density at radius 1 is 0.968 bits per heavy atom. The molecule has 1 aliphatic heterocycles. The highest BCUT2D eigenvalue weighted by Gasteiger charge is 2.39. The fourth-order valence-corrected chi connectivity index (χ4v) is 3.17. The van der Waals surface area contributed by atoms with Crippen LogP contribution in [0, 0.1) is 0 Å². The van der Waals surface area contributed by atoms with E-state index in [-0.39, 0.29) is 12.1 Å². The van der Waals surface area contributed by atoms with Gasteiger partial charge in [0.15, 0.2) is 17.3 Å². The molecule has 1 N–H and O–H groups in total. The van der Waals surface area contributed by atoms with Gasteiger partial charge in [-0.1, -0.05) is 25.1 Å². The smallest absolute Gasteiger partial charge is 0.338 e. The average molecular weight is 425 g/mol. The predicted octanol–water partition coefficient (Wildman–Crippen LogP) is 3.11. The molecule has 1 heterocycles. The second kappa shape index (κ2) is 9.34. The minimum absolute atomic E-state index is 0.0528. The summed E-state index contributed by atoms with van der Waals surface area (Å²) in [5.41, 5.74) is 1.23. The van der Waals surface area contributed by atoms with Crippen LogP contribution in [0.4, 0.5) is 0 Å². The van der Waals surface area contributed by atoms with Crippen LogP contribution >= 0.6 is 0 Å². The predicted molar refractivity (Wildman–Crippen MR) is 112 cm³/mol. The molecule has 0 atom stereocenters. The number of rotatable bonds is 8. The van der Waals surface area contributed by atoms with Crippen molar-refractivity contribution in [2.24, 2.45) is 0 Å². The van der Waals surface area contributed by atoms with E-state index in [1.165, 1.54) is 20.3 Å². The van der Waals surface area contributed by atoms with Gasteiger partial charge in [0.1, 0.15) is 0 Å². The summed E-state index contributed by atoms with van der Waals surface area (Å²) in [6, 6.07) is 11.1. The summed E-state index contributed by atoms with van der Waals surface area (Å²) >= 11 is 0. The standard InChI is InChI=1S/C23H23NO7/c1-4-11-31-23(28)15-7-5-14(6-8-15)13-24-21(26)19(20(25)22(24)27)16-9-10-17(29-2)18(12-16)30-3/h5-10,12,25H,4,11,13H2,1-3H3. The average Bonchev–Trinajstić information content (AvgIpc) is 3.00. The van der Waals surface area contributed by atoms with Gasteiger partial charge in [-0.15, -0.1) is 0 Å². The number of aliphatic hydroxyl groups excluding tert-OH is 1. The molecule has 0 saturated carbocycles. The van der Waals surface area contributed by atoms with E-state index >= 15 is 0 Å². The van der Waals surface area contributed by atoms with Crippen molar-refractivity contribution in [2.75, 3.05) is 20.8 Å². The second-order valence-electron chi connectivity index (χ2n) is 6.82. The molecule has 0 spiro atoms. The third-order valence-electron chi connectivity index (χ3n) is 4.78. The number of hydrogen-bond donors (Lipinski definition) is 1. The number of carbonyl (C=O) groups excluding carboxylic acids is 3. The van der Waals surface area contributed by atoms with Crippen molar-refractivity contribution < 1.29 is 33.7 Å². The van der Waals surface area contributed by atoms with Crippen LogP contribution in [-0.4, -0.2) is 48.6 Å². The number of imide groups is 1. The zero-order valence-corrected chi connectivity index (χ0v) is 17.5. The molecule has 162 valence electrons. The molecule has 0 saturated heterocycles. The Morgan fingerprint density at radius 2 is 1.65 bits per heavy atom. The lowest BCUT2D eigenvalue weighted by atomic mass is 10.0. The van der Waals surface area contributed by atoms with Gasteiger partial charge >= 0.3 is 5.97 Å². The van der Waals surface area contributed by atoms with Crippen LogP contribution in [0.3, 0.4) is 0 Å². The molecule has 8 nitrogen and oxygen atoms in total. The Kier molecular flexibility index (Phi) is 6.59. The van der Waals surface area contributed by atoms with Gasteiger partial charge in [-0.05, 0) is 41.8 Å². The normalized spacial score (nSPS) is 13.6. The maximum absolute atomic E-state index is 12.9. The molecule has 2 aromatic rings. The third-order valence-corrected chi connectivity index (χ3v) is 4.78. The minimum Gasteiger partial charge on any atom is -0.502 e. The first-order chi connectivity index (χ1) is 14.9. The van der Waals surface area contributed by atoms with Gasteiger partial charge < -0.3 is 19.3 Å². The quantitative estimate of drug-likeness (QED) is 0.512. The van der Waals surface area contributed by atoms with Gasteiger partial charge in [-0.3, -0.25) is 14.5 Å². The Balaban J connectivity index is 1.79. The van der Waals surface area contributed by atoms with Crippen LogP contribution in [0.2, 0.25) is 0 Å². The van der Waals surface area contributed by atoms with E-state index in [1.807, 2.05) is 6.92 Å². The molecule has 0 fully saturated rings. The molecule has 0 aromatic heterocycles. The van der Waals surface area contributed by atoms with Crippen LogP contribution in [0.5, 0.6) is 11.5 Å². The van der Waals surface area contributed by atoms with Crippen molar-refractivity contribution in [3.05, 3.63) is 64.9 Å². The molecule has 0 aliphatic carbocycles. The number of nitrogens with zero attached hydrogens (tertiary/aromatic N) is 1. The van der Waals surface area contributed by atoms with E-state index in [0.29, 0.717) is 34.8 Å². The van der Waals surface area contributed by atoms with E-state index in [2.05, 4.69) is 0 Å². The van der Waals surface area contributed by atoms with E-state index in [9.17, 15) is 19.5 Å². The Labute approximate surface area is 179 Å². The van der Waals surface area contributed by atoms with E-state index in [1.54, 1.807) is 36.4 Å². The third kappa shape index (κ3) is 4.37. The number of ether oxygens (including phenoxy) is 3. The molecule has 2 amide bonds. The lowest BCUT2D eigenvalue weighted by Crippen LogP contribution is -2.31. The van der Waals surface area contributed by atoms with E-state index < -0.39 is 23.5 Å². The van der Waals surface area contributed by atoms with Gasteiger partial charge in [0.25, 0.3) is 11.8 Å². The molecular weight excluding hydrogens is 402 g/mol. The van der Waals surface area contributed by atoms with Gasteiger partial charge in [0.05, 0.1) is 38.5 Å². The first kappa shape index (κ1) is 21.9. The number of hydrogen-bond acceptors (Lipinski definition) is 7. The maximum atomic E-state index is 12.9. The number of benzene rings is 2. The lowest BCUT2D eigenvalue weighted by Gasteiger charge is -2.15. The highest BCUT2D eigenvalue weighted by Crippen LogP contribution is 2.35. The Morgan fingerprint density at radius 3 is 2.26 bits per heavy atom. The first-order valence-electron chi connectivity index (χ1n) is 9.69. The SMILES string of the molecule is CCCOC(=O)c1ccc(CN2C(=O)C(O)=C(c3ccc(OC)c(OC)c3)C2=O)cc1. The first-order valence-corrected chi connectivity index (χ1v) is 9.69. The molecule has 8 heteroatoms. The number of amides is 2. The van der Waals surface area contributed by atoms with Crippen molar-refractivity contribution >= 4 is 23.4 Å². The molecule has 2 aromatic carbocycles. The number of aliphatic hydroxyl groups is 1. The summed E-state index contributed by atoms with van der Waals surface area (Å²) in [6.07, 6.45) is 0.724. The van der Waals surface area contributed by atoms with Gasteiger partial charge in [0, 0.05) is 0 Å².